The van der Waals surface area contributed by atoms with Gasteiger partial charge in [-0.25, -0.2) is 0 Å². The molecular formula is C10H16BrN3O. The molecule has 1 rings (SSSR count). The fourth-order valence-electron chi connectivity index (χ4n) is 1.52. The molecule has 0 fully saturated rings. The number of carbonyl (C=O) groups excluding carboxylic acids is 1. The maximum Gasteiger partial charge on any atom is 0.183 e. The third-order valence-corrected chi connectivity index (χ3v) is 2.78. The number of carbonyl (C=O) groups is 1. The quantitative estimate of drug-likeness (QED) is 0.832. The second-order valence-corrected chi connectivity index (χ2v) is 4.41. The highest BCUT2D eigenvalue weighted by atomic mass is 79.9. The van der Waals surface area contributed by atoms with Crippen molar-refractivity contribution in [1.29, 1.82) is 0 Å². The lowest BCUT2D eigenvalue weighted by Gasteiger charge is -2.11. The van der Waals surface area contributed by atoms with Crippen LogP contribution < -0.4 is 5.32 Å². The highest BCUT2D eigenvalue weighted by molar-refractivity contribution is 9.10. The minimum absolute atomic E-state index is 0.107. The maximum absolute atomic E-state index is 11.9. The molecule has 0 aromatic carbocycles. The summed E-state index contributed by atoms with van der Waals surface area (Å²) in [6, 6.07) is 0.198. The number of rotatable bonds is 5. The fraction of sp³-hybridized carbons (Fsp3) is 0.600. The first kappa shape index (κ1) is 12.4. The van der Waals surface area contributed by atoms with Gasteiger partial charge < -0.3 is 5.32 Å². The highest BCUT2D eigenvalue weighted by Crippen LogP contribution is 2.17. The Hall–Kier alpha value is -0.680. The topological polar surface area (TPSA) is 46.9 Å². The van der Waals surface area contributed by atoms with Crippen molar-refractivity contribution in [2.24, 2.45) is 7.05 Å². The lowest BCUT2D eigenvalue weighted by molar-refractivity contribution is 0.0962. The second kappa shape index (κ2) is 5.42. The predicted octanol–water partition coefficient (Wildman–Crippen LogP) is 1.75. The van der Waals surface area contributed by atoms with Crippen molar-refractivity contribution in [2.45, 2.75) is 26.3 Å². The van der Waals surface area contributed by atoms with Crippen LogP contribution in [0.2, 0.25) is 0 Å². The molecule has 1 atom stereocenters. The van der Waals surface area contributed by atoms with E-state index in [9.17, 15) is 4.79 Å². The van der Waals surface area contributed by atoms with Crippen LogP contribution in [0.15, 0.2) is 10.7 Å². The zero-order chi connectivity index (χ0) is 11.4. The molecule has 0 amide bonds. The number of hydrogen-bond donors (Lipinski definition) is 1. The van der Waals surface area contributed by atoms with Crippen LogP contribution in [0.4, 0.5) is 0 Å². The molecule has 1 aromatic rings. The number of hydrogen-bond acceptors (Lipinski definition) is 3. The third kappa shape index (κ3) is 3.14. The van der Waals surface area contributed by atoms with E-state index in [1.807, 2.05) is 13.8 Å². The number of nitrogens with one attached hydrogen (secondary N) is 1. The average molecular weight is 274 g/mol. The zero-order valence-electron chi connectivity index (χ0n) is 9.25. The Kier molecular flexibility index (Phi) is 4.47. The van der Waals surface area contributed by atoms with E-state index in [0.29, 0.717) is 12.1 Å². The van der Waals surface area contributed by atoms with Crippen LogP contribution in [0, 0.1) is 0 Å². The lowest BCUT2D eigenvalue weighted by atomic mass is 10.1. The van der Waals surface area contributed by atoms with Crippen molar-refractivity contribution < 1.29 is 4.79 Å². The van der Waals surface area contributed by atoms with Crippen LogP contribution >= 0.6 is 15.9 Å². The van der Waals surface area contributed by atoms with Gasteiger partial charge in [0.25, 0.3) is 0 Å². The van der Waals surface area contributed by atoms with Crippen LogP contribution in [-0.4, -0.2) is 28.2 Å². The van der Waals surface area contributed by atoms with E-state index < -0.39 is 0 Å². The van der Waals surface area contributed by atoms with Crippen molar-refractivity contribution in [3.8, 4) is 0 Å². The van der Waals surface area contributed by atoms with Crippen molar-refractivity contribution >= 4 is 21.7 Å². The lowest BCUT2D eigenvalue weighted by Crippen LogP contribution is -2.28. The molecular weight excluding hydrogens is 258 g/mol. The van der Waals surface area contributed by atoms with E-state index in [1.54, 1.807) is 17.9 Å². The van der Waals surface area contributed by atoms with E-state index in [0.717, 1.165) is 11.0 Å². The summed E-state index contributed by atoms with van der Waals surface area (Å²) in [4.78, 5) is 11.9. The van der Waals surface area contributed by atoms with Crippen molar-refractivity contribution in [3.63, 3.8) is 0 Å². The predicted molar refractivity (Wildman–Crippen MR) is 63.0 cm³/mol. The Morgan fingerprint density at radius 1 is 1.73 bits per heavy atom. The highest BCUT2D eigenvalue weighted by Gasteiger charge is 2.17. The summed E-state index contributed by atoms with van der Waals surface area (Å²) >= 11 is 3.32. The van der Waals surface area contributed by atoms with Gasteiger partial charge in [-0.2, -0.15) is 5.10 Å². The van der Waals surface area contributed by atoms with E-state index in [4.69, 9.17) is 0 Å². The summed E-state index contributed by atoms with van der Waals surface area (Å²) in [7, 11) is 1.77. The van der Waals surface area contributed by atoms with Crippen molar-refractivity contribution in [2.75, 3.05) is 6.54 Å². The summed E-state index contributed by atoms with van der Waals surface area (Å²) in [5.41, 5.74) is 0.639. The Labute approximate surface area is 98.2 Å². The van der Waals surface area contributed by atoms with Gasteiger partial charge in [0.1, 0.15) is 5.69 Å². The molecule has 1 heterocycles. The maximum atomic E-state index is 11.9. The van der Waals surface area contributed by atoms with Crippen LogP contribution in [0.25, 0.3) is 0 Å². The minimum Gasteiger partial charge on any atom is -0.314 e. The van der Waals surface area contributed by atoms with Crippen molar-refractivity contribution in [1.82, 2.24) is 15.1 Å². The Bertz CT molecular complexity index is 329. The van der Waals surface area contributed by atoms with E-state index >= 15 is 0 Å². The molecule has 0 saturated carbocycles. The normalized spacial score (nSPS) is 12.8. The number of ketones is 1. The van der Waals surface area contributed by atoms with Gasteiger partial charge in [0.05, 0.1) is 10.7 Å². The van der Waals surface area contributed by atoms with Gasteiger partial charge in [-0.3, -0.25) is 9.48 Å². The van der Waals surface area contributed by atoms with Gasteiger partial charge in [-0.15, -0.1) is 0 Å². The van der Waals surface area contributed by atoms with E-state index in [2.05, 4.69) is 26.3 Å². The second-order valence-electron chi connectivity index (χ2n) is 3.55. The number of nitrogens with zero attached hydrogens (tertiary/aromatic N) is 2. The van der Waals surface area contributed by atoms with Gasteiger partial charge in [0.15, 0.2) is 5.78 Å². The smallest absolute Gasteiger partial charge is 0.183 e. The number of Topliss-reactive ketones (excluding diaryl/α,β-unsaturated/α-hetero) is 1. The molecule has 0 radical (unpaired) electrons. The SMILES string of the molecule is CCNC(C)CC(=O)c1c(Br)cnn1C. The fourth-order valence-corrected chi connectivity index (χ4v) is 2.09. The van der Waals surface area contributed by atoms with Crippen LogP contribution in [-0.2, 0) is 7.05 Å². The zero-order valence-corrected chi connectivity index (χ0v) is 10.8. The summed E-state index contributed by atoms with van der Waals surface area (Å²) < 4.78 is 2.36. The molecule has 1 aromatic heterocycles. The summed E-state index contributed by atoms with van der Waals surface area (Å²) in [6.07, 6.45) is 2.14. The standard InChI is InChI=1S/C10H16BrN3O/c1-4-12-7(2)5-9(15)10-8(11)6-13-14(10)3/h6-7,12H,4-5H2,1-3H3. The molecule has 4 nitrogen and oxygen atoms in total. The number of aryl methyl sites for hydroxylation is 1. The molecule has 84 valence electrons. The molecule has 0 saturated heterocycles. The molecule has 0 aliphatic rings. The third-order valence-electron chi connectivity index (χ3n) is 2.20. The van der Waals surface area contributed by atoms with Crippen LogP contribution in [0.5, 0.6) is 0 Å². The van der Waals surface area contributed by atoms with E-state index in [-0.39, 0.29) is 11.8 Å². The van der Waals surface area contributed by atoms with Gasteiger partial charge in [0, 0.05) is 19.5 Å². The Morgan fingerprint density at radius 2 is 2.40 bits per heavy atom. The van der Waals surface area contributed by atoms with Gasteiger partial charge in [-0.05, 0) is 29.4 Å². The molecule has 5 heteroatoms. The summed E-state index contributed by atoms with van der Waals surface area (Å²) in [5, 5.41) is 7.23. The van der Waals surface area contributed by atoms with Crippen LogP contribution in [0.3, 0.4) is 0 Å². The Balaban J connectivity index is 2.69. The monoisotopic (exact) mass is 273 g/mol. The Morgan fingerprint density at radius 3 is 2.87 bits per heavy atom. The molecule has 0 bridgehead atoms. The van der Waals surface area contributed by atoms with E-state index in [1.165, 1.54) is 0 Å². The molecule has 0 spiro atoms. The van der Waals surface area contributed by atoms with Gasteiger partial charge in [-0.1, -0.05) is 6.92 Å². The first-order valence-corrected chi connectivity index (χ1v) is 5.79. The van der Waals surface area contributed by atoms with Gasteiger partial charge in [0.2, 0.25) is 0 Å². The number of aromatic nitrogens is 2. The minimum atomic E-state index is 0.107. The van der Waals surface area contributed by atoms with Gasteiger partial charge >= 0.3 is 0 Å². The first-order valence-electron chi connectivity index (χ1n) is 5.00. The van der Waals surface area contributed by atoms with Crippen LogP contribution in [0.1, 0.15) is 30.8 Å². The molecule has 1 N–H and O–H groups in total. The number of halogens is 1. The first-order chi connectivity index (χ1) is 7.06. The summed E-state index contributed by atoms with van der Waals surface area (Å²) in [5.74, 6) is 0.107. The molecule has 1 unspecified atom stereocenters. The summed E-state index contributed by atoms with van der Waals surface area (Å²) in [6.45, 7) is 4.91. The van der Waals surface area contributed by atoms with Crippen molar-refractivity contribution in [3.05, 3.63) is 16.4 Å². The molecule has 0 aliphatic heterocycles. The largest absolute Gasteiger partial charge is 0.314 e. The average Bonchev–Trinajstić information content (AvgIpc) is 2.46. The molecule has 15 heavy (non-hydrogen) atoms. The molecule has 0 aliphatic carbocycles.